The summed E-state index contributed by atoms with van der Waals surface area (Å²) in [5.74, 6) is 0.454. The van der Waals surface area contributed by atoms with E-state index >= 15 is 0 Å². The fourth-order valence-corrected chi connectivity index (χ4v) is 4.25. The lowest BCUT2D eigenvalue weighted by Crippen LogP contribution is -2.51. The van der Waals surface area contributed by atoms with E-state index < -0.39 is 12.1 Å². The molecule has 0 spiro atoms. The smallest absolute Gasteiger partial charge is 0.270 e. The number of aromatic nitrogens is 2. The Morgan fingerprint density at radius 3 is 2.86 bits per heavy atom. The molecule has 0 aromatic carbocycles. The molecule has 7 heteroatoms. The zero-order valence-electron chi connectivity index (χ0n) is 17.2. The summed E-state index contributed by atoms with van der Waals surface area (Å²) in [6, 6.07) is 6.94. The van der Waals surface area contributed by atoms with Crippen LogP contribution < -0.4 is 0 Å². The summed E-state index contributed by atoms with van der Waals surface area (Å²) in [5.41, 5.74) is 1.98. The third-order valence-corrected chi connectivity index (χ3v) is 6.12. The van der Waals surface area contributed by atoms with E-state index in [9.17, 15) is 14.9 Å². The summed E-state index contributed by atoms with van der Waals surface area (Å²) in [5, 5.41) is 10.3. The average molecular weight is 393 g/mol. The second-order valence-corrected chi connectivity index (χ2v) is 8.66. The van der Waals surface area contributed by atoms with Crippen LogP contribution in [0.4, 0.5) is 0 Å². The Balaban J connectivity index is 1.59. The quantitative estimate of drug-likeness (QED) is 0.845. The Morgan fingerprint density at radius 2 is 2.17 bits per heavy atom. The highest BCUT2D eigenvalue weighted by atomic mass is 16.2. The molecule has 152 valence electrons. The number of H-pyrrole nitrogens is 1. The molecule has 7 nitrogen and oxygen atoms in total. The first-order valence-corrected chi connectivity index (χ1v) is 10.3. The number of hydrogen-bond donors (Lipinski definition) is 1. The summed E-state index contributed by atoms with van der Waals surface area (Å²) >= 11 is 0. The molecule has 2 aliphatic rings. The van der Waals surface area contributed by atoms with Gasteiger partial charge in [-0.2, -0.15) is 5.26 Å². The third kappa shape index (κ3) is 3.84. The van der Waals surface area contributed by atoms with E-state index in [1.54, 1.807) is 22.9 Å². The van der Waals surface area contributed by atoms with Crippen LogP contribution in [0.25, 0.3) is 11.0 Å². The summed E-state index contributed by atoms with van der Waals surface area (Å²) < 4.78 is 0. The van der Waals surface area contributed by atoms with Crippen LogP contribution in [-0.4, -0.2) is 57.3 Å². The number of likely N-dealkylation sites (N-methyl/N-ethyl adjacent to an activating group) is 1. The van der Waals surface area contributed by atoms with Crippen molar-refractivity contribution in [3.8, 4) is 6.07 Å². The lowest BCUT2D eigenvalue weighted by molar-refractivity contribution is -0.136. The van der Waals surface area contributed by atoms with Gasteiger partial charge in [-0.3, -0.25) is 9.59 Å². The highest BCUT2D eigenvalue weighted by Gasteiger charge is 2.41. The van der Waals surface area contributed by atoms with Crippen molar-refractivity contribution in [3.05, 3.63) is 29.6 Å². The number of nitriles is 1. The number of rotatable bonds is 5. The molecule has 3 unspecified atom stereocenters. The van der Waals surface area contributed by atoms with E-state index in [4.69, 9.17) is 0 Å². The first kappa shape index (κ1) is 19.4. The molecule has 3 heterocycles. The molecule has 2 aromatic heterocycles. The number of carbonyl (C=O) groups excluding carboxylic acids is 2. The number of likely N-dealkylation sites (tertiary alicyclic amines) is 1. The molecule has 1 N–H and O–H groups in total. The van der Waals surface area contributed by atoms with Crippen LogP contribution >= 0.6 is 0 Å². The van der Waals surface area contributed by atoms with Crippen LogP contribution in [0.1, 0.15) is 48.8 Å². The number of aryl methyl sites for hydroxylation is 1. The molecule has 2 fully saturated rings. The Kier molecular flexibility index (Phi) is 5.03. The van der Waals surface area contributed by atoms with Gasteiger partial charge in [-0.05, 0) is 49.8 Å². The SMILES string of the molecule is Cc1ccc2cc(C(=O)N(C)C(CC3CC3)C(=O)N3CC(C)CC3C#N)[nH]c2n1. The van der Waals surface area contributed by atoms with E-state index in [-0.39, 0.29) is 11.8 Å². The lowest BCUT2D eigenvalue weighted by atomic mass is 10.1. The van der Waals surface area contributed by atoms with E-state index in [2.05, 4.69) is 23.0 Å². The Labute approximate surface area is 170 Å². The molecule has 29 heavy (non-hydrogen) atoms. The Hall–Kier alpha value is -2.88. The van der Waals surface area contributed by atoms with Crippen LogP contribution in [0.5, 0.6) is 0 Å². The van der Waals surface area contributed by atoms with Gasteiger partial charge in [-0.25, -0.2) is 4.98 Å². The van der Waals surface area contributed by atoms with Gasteiger partial charge < -0.3 is 14.8 Å². The van der Waals surface area contributed by atoms with E-state index in [0.717, 1.165) is 23.9 Å². The van der Waals surface area contributed by atoms with Gasteiger partial charge in [0.15, 0.2) is 0 Å². The lowest BCUT2D eigenvalue weighted by Gasteiger charge is -2.32. The van der Waals surface area contributed by atoms with Crippen LogP contribution in [0.3, 0.4) is 0 Å². The van der Waals surface area contributed by atoms with Gasteiger partial charge in [0.1, 0.15) is 23.4 Å². The first-order chi connectivity index (χ1) is 13.9. The minimum atomic E-state index is -0.544. The van der Waals surface area contributed by atoms with Crippen LogP contribution in [0.2, 0.25) is 0 Å². The number of nitrogens with one attached hydrogen (secondary N) is 1. The van der Waals surface area contributed by atoms with Crippen LogP contribution in [0, 0.1) is 30.1 Å². The van der Waals surface area contributed by atoms with E-state index in [1.165, 1.54) is 0 Å². The Bertz CT molecular complexity index is 987. The van der Waals surface area contributed by atoms with Gasteiger partial charge in [-0.15, -0.1) is 0 Å². The van der Waals surface area contributed by atoms with Gasteiger partial charge in [0.25, 0.3) is 5.91 Å². The van der Waals surface area contributed by atoms with Gasteiger partial charge in [-0.1, -0.05) is 19.8 Å². The molecule has 0 radical (unpaired) electrons. The topological polar surface area (TPSA) is 93.1 Å². The number of nitrogens with zero attached hydrogens (tertiary/aromatic N) is 4. The summed E-state index contributed by atoms with van der Waals surface area (Å²) in [7, 11) is 1.69. The third-order valence-electron chi connectivity index (χ3n) is 6.12. The van der Waals surface area contributed by atoms with E-state index in [1.807, 2.05) is 19.1 Å². The second-order valence-electron chi connectivity index (χ2n) is 8.66. The maximum absolute atomic E-state index is 13.4. The molecule has 1 saturated heterocycles. The molecule has 1 aliphatic heterocycles. The zero-order chi connectivity index (χ0) is 20.7. The number of fused-ring (bicyclic) bond motifs is 1. The number of hydrogen-bond acceptors (Lipinski definition) is 4. The second kappa shape index (κ2) is 7.51. The summed E-state index contributed by atoms with van der Waals surface area (Å²) in [4.78, 5) is 37.3. The standard InChI is InChI=1S/C22H27N5O2/c1-13-8-17(11-23)27(12-13)22(29)19(9-15-5-6-15)26(3)21(28)18-10-16-7-4-14(2)24-20(16)25-18/h4,7,10,13,15,17,19H,5-6,8-9,12H2,1-3H3,(H,24,25). The van der Waals surface area contributed by atoms with Crippen molar-refractivity contribution in [2.45, 2.75) is 51.6 Å². The molecular formula is C22H27N5O2. The van der Waals surface area contributed by atoms with Crippen molar-refractivity contribution in [1.29, 1.82) is 5.26 Å². The van der Waals surface area contributed by atoms with Crippen molar-refractivity contribution in [3.63, 3.8) is 0 Å². The molecule has 4 rings (SSSR count). The largest absolute Gasteiger partial charge is 0.335 e. The van der Waals surface area contributed by atoms with Crippen molar-refractivity contribution in [2.24, 2.45) is 11.8 Å². The van der Waals surface area contributed by atoms with Crippen LogP contribution in [-0.2, 0) is 4.79 Å². The average Bonchev–Trinajstić information content (AvgIpc) is 3.30. The fourth-order valence-electron chi connectivity index (χ4n) is 4.25. The normalized spacial score (nSPS) is 22.5. The summed E-state index contributed by atoms with van der Waals surface area (Å²) in [6.45, 7) is 4.54. The molecule has 1 saturated carbocycles. The van der Waals surface area contributed by atoms with Crippen molar-refractivity contribution in [1.82, 2.24) is 19.8 Å². The molecule has 2 aromatic rings. The van der Waals surface area contributed by atoms with Crippen molar-refractivity contribution in [2.75, 3.05) is 13.6 Å². The number of aromatic amines is 1. The molecular weight excluding hydrogens is 366 g/mol. The van der Waals surface area contributed by atoms with Gasteiger partial charge in [0.05, 0.1) is 6.07 Å². The van der Waals surface area contributed by atoms with Gasteiger partial charge in [0.2, 0.25) is 5.91 Å². The summed E-state index contributed by atoms with van der Waals surface area (Å²) in [6.07, 6.45) is 3.55. The molecule has 3 atom stereocenters. The zero-order valence-corrected chi connectivity index (χ0v) is 17.2. The molecule has 0 bridgehead atoms. The maximum atomic E-state index is 13.4. The van der Waals surface area contributed by atoms with Crippen molar-refractivity contribution < 1.29 is 9.59 Å². The highest BCUT2D eigenvalue weighted by Crippen LogP contribution is 2.36. The maximum Gasteiger partial charge on any atom is 0.270 e. The van der Waals surface area contributed by atoms with Crippen molar-refractivity contribution >= 4 is 22.8 Å². The highest BCUT2D eigenvalue weighted by molar-refractivity contribution is 5.99. The number of carbonyl (C=O) groups is 2. The first-order valence-electron chi connectivity index (χ1n) is 10.3. The van der Waals surface area contributed by atoms with Gasteiger partial charge >= 0.3 is 0 Å². The van der Waals surface area contributed by atoms with E-state index in [0.29, 0.717) is 42.6 Å². The van der Waals surface area contributed by atoms with Gasteiger partial charge in [0, 0.05) is 24.7 Å². The minimum Gasteiger partial charge on any atom is -0.335 e. The fraction of sp³-hybridized carbons (Fsp3) is 0.545. The number of pyridine rings is 1. The molecule has 1 aliphatic carbocycles. The van der Waals surface area contributed by atoms with Crippen LogP contribution in [0.15, 0.2) is 18.2 Å². The minimum absolute atomic E-state index is 0.103. The molecule has 2 amide bonds. The Morgan fingerprint density at radius 1 is 1.41 bits per heavy atom. The predicted octanol–water partition coefficient (Wildman–Crippen LogP) is 2.87. The monoisotopic (exact) mass is 393 g/mol. The number of amides is 2. The predicted molar refractivity (Wildman–Crippen MR) is 109 cm³/mol.